The standard InChI is InChI=1S/C10H9NO9S3.3Na/c11-8-4-7-5(2-10(8)23(18,19)20)1-6(21(12,13)14)3-9(7)22(15,16)17;;;/h1-4H,11H2,(H,12,13,14)(H,15,16,17)(H,18,19,20);;;. The van der Waals surface area contributed by atoms with E-state index in [4.69, 9.17) is 14.8 Å². The Hall–Kier alpha value is 1.23. The van der Waals surface area contributed by atoms with Crippen molar-refractivity contribution in [2.24, 2.45) is 0 Å². The summed E-state index contributed by atoms with van der Waals surface area (Å²) in [6, 6.07) is 2.78. The quantitative estimate of drug-likeness (QED) is 0.256. The van der Waals surface area contributed by atoms with Crippen LogP contribution >= 0.6 is 0 Å². The Morgan fingerprint density at radius 2 is 1.12 bits per heavy atom. The zero-order valence-electron chi connectivity index (χ0n) is 13.9. The van der Waals surface area contributed by atoms with E-state index in [0.29, 0.717) is 12.1 Å². The van der Waals surface area contributed by atoms with Gasteiger partial charge in [-0.15, -0.1) is 0 Å². The topological polar surface area (TPSA) is 189 Å². The van der Waals surface area contributed by atoms with Crippen LogP contribution in [0.5, 0.6) is 0 Å². The zero-order valence-corrected chi connectivity index (χ0v) is 22.4. The van der Waals surface area contributed by atoms with E-state index in [9.17, 15) is 29.8 Å². The van der Waals surface area contributed by atoms with Gasteiger partial charge in [-0.2, -0.15) is 25.3 Å². The van der Waals surface area contributed by atoms with Crippen molar-refractivity contribution in [3.05, 3.63) is 24.3 Å². The van der Waals surface area contributed by atoms with Gasteiger partial charge in [0.15, 0.2) is 0 Å². The third kappa shape index (κ3) is 6.64. The van der Waals surface area contributed by atoms with Crippen LogP contribution in [0.2, 0.25) is 0 Å². The summed E-state index contributed by atoms with van der Waals surface area (Å²) in [5, 5.41) is -0.612. The monoisotopic (exact) mass is 452 g/mol. The number of hydrogen-bond acceptors (Lipinski definition) is 7. The van der Waals surface area contributed by atoms with Gasteiger partial charge in [-0.05, 0) is 29.7 Å². The predicted molar refractivity (Wildman–Crippen MR) is 95.1 cm³/mol. The van der Waals surface area contributed by atoms with Gasteiger partial charge in [-0.3, -0.25) is 13.7 Å². The van der Waals surface area contributed by atoms with E-state index in [0.717, 1.165) is 12.1 Å². The first-order chi connectivity index (χ1) is 10.2. The summed E-state index contributed by atoms with van der Waals surface area (Å²) in [6.45, 7) is 0. The maximum absolute atomic E-state index is 11.4. The Balaban J connectivity index is 0. The molecule has 0 spiro atoms. The molecule has 0 saturated heterocycles. The molecule has 0 fully saturated rings. The number of hydrogen-bond donors (Lipinski definition) is 4. The molecular formula is C10H9NNa3O9S3. The molecule has 0 heterocycles. The summed E-state index contributed by atoms with van der Waals surface area (Å²) in [5.41, 5.74) is 4.90. The molecule has 26 heavy (non-hydrogen) atoms. The van der Waals surface area contributed by atoms with Crippen LogP contribution < -0.4 is 5.73 Å². The molecule has 0 amide bonds. The minimum atomic E-state index is -4.92. The second-order valence-electron chi connectivity index (χ2n) is 4.46. The van der Waals surface area contributed by atoms with E-state index in [-0.39, 0.29) is 99.4 Å². The molecule has 10 nitrogen and oxygen atoms in total. The molecular weight excluding hydrogens is 443 g/mol. The number of anilines is 1. The molecule has 129 valence electrons. The first-order valence-corrected chi connectivity index (χ1v) is 9.83. The van der Waals surface area contributed by atoms with Crippen molar-refractivity contribution >= 4 is 135 Å². The number of rotatable bonds is 3. The zero-order chi connectivity index (χ0) is 17.8. The summed E-state index contributed by atoms with van der Waals surface area (Å²) in [6.07, 6.45) is 0. The summed E-state index contributed by atoms with van der Waals surface area (Å²) in [4.78, 5) is -2.60. The van der Waals surface area contributed by atoms with Crippen LogP contribution in [0, 0.1) is 0 Å². The van der Waals surface area contributed by atoms with E-state index < -0.39 is 50.7 Å². The molecule has 5 N–H and O–H groups in total. The molecule has 2 rings (SSSR count). The average Bonchev–Trinajstić information content (AvgIpc) is 2.32. The van der Waals surface area contributed by atoms with Gasteiger partial charge in [-0.1, -0.05) is 0 Å². The van der Waals surface area contributed by atoms with Crippen molar-refractivity contribution in [3.63, 3.8) is 0 Å². The third-order valence-electron chi connectivity index (χ3n) is 2.87. The van der Waals surface area contributed by atoms with Crippen LogP contribution in [0.3, 0.4) is 0 Å². The molecule has 0 aliphatic heterocycles. The van der Waals surface area contributed by atoms with Crippen molar-refractivity contribution in [2.75, 3.05) is 5.73 Å². The van der Waals surface area contributed by atoms with Crippen molar-refractivity contribution in [1.82, 2.24) is 0 Å². The molecule has 0 atom stereocenters. The molecule has 0 aliphatic carbocycles. The molecule has 0 bridgehead atoms. The summed E-state index contributed by atoms with van der Waals surface area (Å²) >= 11 is 0. The average molecular weight is 452 g/mol. The molecule has 2 aromatic rings. The molecule has 0 aromatic heterocycles. The van der Waals surface area contributed by atoms with Crippen LogP contribution in [0.4, 0.5) is 5.69 Å². The molecule has 0 aliphatic rings. The first kappa shape index (κ1) is 29.4. The first-order valence-electron chi connectivity index (χ1n) is 5.51. The van der Waals surface area contributed by atoms with E-state index in [2.05, 4.69) is 0 Å². The van der Waals surface area contributed by atoms with E-state index in [1.54, 1.807) is 0 Å². The van der Waals surface area contributed by atoms with Crippen molar-refractivity contribution in [3.8, 4) is 0 Å². The van der Waals surface area contributed by atoms with Crippen LogP contribution in [0.1, 0.15) is 0 Å². The summed E-state index contributed by atoms with van der Waals surface area (Å²) in [5.74, 6) is 0. The molecule has 3 radical (unpaired) electrons. The second-order valence-corrected chi connectivity index (χ2v) is 8.66. The van der Waals surface area contributed by atoms with Crippen molar-refractivity contribution in [2.45, 2.75) is 14.7 Å². The maximum Gasteiger partial charge on any atom is 0.296 e. The second kappa shape index (κ2) is 9.82. The Morgan fingerprint density at radius 3 is 1.50 bits per heavy atom. The largest absolute Gasteiger partial charge is 0.398 e. The summed E-state index contributed by atoms with van der Waals surface area (Å²) in [7, 11) is -14.5. The summed E-state index contributed by atoms with van der Waals surface area (Å²) < 4.78 is 94.8. The number of benzene rings is 2. The predicted octanol–water partition coefficient (Wildman–Crippen LogP) is -0.980. The SMILES string of the molecule is Nc1cc2c(S(=O)(=O)O)cc(S(=O)(=O)O)cc2cc1S(=O)(=O)O.[Na].[Na].[Na]. The Kier molecular flexibility index (Phi) is 11.1. The molecule has 16 heteroatoms. The number of nitrogen functional groups attached to an aromatic ring is 1. The van der Waals surface area contributed by atoms with Gasteiger partial charge in [0.2, 0.25) is 0 Å². The fourth-order valence-corrected chi connectivity index (χ4v) is 3.91. The smallest absolute Gasteiger partial charge is 0.296 e. The third-order valence-corrected chi connectivity index (χ3v) is 5.51. The fourth-order valence-electron chi connectivity index (χ4n) is 1.93. The van der Waals surface area contributed by atoms with Crippen LogP contribution in [0.15, 0.2) is 39.0 Å². The van der Waals surface area contributed by atoms with Crippen molar-refractivity contribution in [1.29, 1.82) is 0 Å². The van der Waals surface area contributed by atoms with E-state index >= 15 is 0 Å². The Labute approximate surface area is 216 Å². The number of nitrogens with two attached hydrogens (primary N) is 1. The Bertz CT molecular complexity index is 1150. The fraction of sp³-hybridized carbons (Fsp3) is 0. The van der Waals surface area contributed by atoms with Crippen LogP contribution in [-0.2, 0) is 30.4 Å². The van der Waals surface area contributed by atoms with Gasteiger partial charge in [0.25, 0.3) is 30.4 Å². The van der Waals surface area contributed by atoms with Crippen LogP contribution in [-0.4, -0.2) is 128 Å². The minimum Gasteiger partial charge on any atom is -0.398 e. The van der Waals surface area contributed by atoms with Crippen molar-refractivity contribution < 1.29 is 38.9 Å². The van der Waals surface area contributed by atoms with Gasteiger partial charge in [0.05, 0.1) is 10.6 Å². The van der Waals surface area contributed by atoms with E-state index in [1.807, 2.05) is 0 Å². The van der Waals surface area contributed by atoms with Gasteiger partial charge in [0, 0.05) is 94.1 Å². The van der Waals surface area contributed by atoms with Gasteiger partial charge in [-0.25, -0.2) is 0 Å². The van der Waals surface area contributed by atoms with Gasteiger partial charge < -0.3 is 5.73 Å². The minimum absolute atomic E-state index is 0. The van der Waals surface area contributed by atoms with E-state index in [1.165, 1.54) is 0 Å². The van der Waals surface area contributed by atoms with Crippen LogP contribution in [0.25, 0.3) is 10.8 Å². The number of fused-ring (bicyclic) bond motifs is 1. The molecule has 0 unspecified atom stereocenters. The maximum atomic E-state index is 11.4. The molecule has 0 saturated carbocycles. The van der Waals surface area contributed by atoms with Gasteiger partial charge in [0.1, 0.15) is 9.79 Å². The molecule has 2 aromatic carbocycles. The Morgan fingerprint density at radius 1 is 0.654 bits per heavy atom. The normalized spacial score (nSPS) is 11.8. The van der Waals surface area contributed by atoms with Gasteiger partial charge >= 0.3 is 0 Å².